The van der Waals surface area contributed by atoms with E-state index in [4.69, 9.17) is 14.6 Å². The van der Waals surface area contributed by atoms with Crippen molar-refractivity contribution in [2.45, 2.75) is 38.5 Å². The van der Waals surface area contributed by atoms with Crippen molar-refractivity contribution in [3.05, 3.63) is 106 Å². The molecule has 3 aromatic rings. The van der Waals surface area contributed by atoms with Crippen molar-refractivity contribution in [2.75, 3.05) is 6.61 Å². The summed E-state index contributed by atoms with van der Waals surface area (Å²) in [7, 11) is 0. The van der Waals surface area contributed by atoms with Crippen LogP contribution in [0.5, 0.6) is 11.5 Å². The second-order valence-corrected chi connectivity index (χ2v) is 9.66. The van der Waals surface area contributed by atoms with Gasteiger partial charge in [-0.15, -0.1) is 0 Å². The molecular weight excluding hydrogens is 476 g/mol. The van der Waals surface area contributed by atoms with Crippen LogP contribution in [0.4, 0.5) is 0 Å². The Kier molecular flexibility index (Phi) is 5.98. The molecule has 5 heteroatoms. The first-order chi connectivity index (χ1) is 16.0. The number of halogens is 1. The van der Waals surface area contributed by atoms with Crippen molar-refractivity contribution in [3.63, 3.8) is 0 Å². The first kappa shape index (κ1) is 21.8. The predicted octanol–water partition coefficient (Wildman–Crippen LogP) is 7.38. The standard InChI is InChI=1S/C28H27BrN2O2/c1-4-15-32-23-12-9-20(10-13-23)25-17-26-24-16-22(29)11-14-27(24)33-28(31(26)30-25)21-7-5-19(6-8-21)18(2)3/h4-14,16,18,26,28H,1,15,17H2,2-3H3/t26-,28-/m0/s1. The van der Waals surface area contributed by atoms with Gasteiger partial charge in [-0.2, -0.15) is 5.10 Å². The average molecular weight is 503 g/mol. The fraction of sp³-hybridized carbons (Fsp3) is 0.250. The quantitative estimate of drug-likeness (QED) is 0.329. The molecule has 4 nitrogen and oxygen atoms in total. The van der Waals surface area contributed by atoms with E-state index in [9.17, 15) is 0 Å². The maximum atomic E-state index is 6.50. The average Bonchev–Trinajstić information content (AvgIpc) is 3.28. The molecule has 0 saturated carbocycles. The number of hydrazone groups is 1. The van der Waals surface area contributed by atoms with E-state index < -0.39 is 0 Å². The molecule has 0 bridgehead atoms. The van der Waals surface area contributed by atoms with Crippen LogP contribution in [-0.4, -0.2) is 17.3 Å². The second-order valence-electron chi connectivity index (χ2n) is 8.74. The highest BCUT2D eigenvalue weighted by Gasteiger charge is 2.41. The summed E-state index contributed by atoms with van der Waals surface area (Å²) < 4.78 is 13.2. The Morgan fingerprint density at radius 2 is 1.88 bits per heavy atom. The summed E-state index contributed by atoms with van der Waals surface area (Å²) in [5.74, 6) is 2.24. The van der Waals surface area contributed by atoms with Gasteiger partial charge in [-0.3, -0.25) is 0 Å². The van der Waals surface area contributed by atoms with Crippen LogP contribution in [0.25, 0.3) is 0 Å². The lowest BCUT2D eigenvalue weighted by Gasteiger charge is -2.38. The molecule has 0 saturated heterocycles. The summed E-state index contributed by atoms with van der Waals surface area (Å²) in [5.41, 5.74) is 5.73. The van der Waals surface area contributed by atoms with E-state index >= 15 is 0 Å². The minimum absolute atomic E-state index is 0.118. The number of hydrogen-bond acceptors (Lipinski definition) is 4. The summed E-state index contributed by atoms with van der Waals surface area (Å²) in [6.45, 7) is 8.62. The lowest BCUT2D eigenvalue weighted by molar-refractivity contribution is -0.0190. The van der Waals surface area contributed by atoms with Crippen LogP contribution in [0.2, 0.25) is 0 Å². The molecule has 0 radical (unpaired) electrons. The number of rotatable bonds is 6. The Hall–Kier alpha value is -3.05. The Bertz CT molecular complexity index is 1190. The fourth-order valence-corrected chi connectivity index (χ4v) is 4.78. The van der Waals surface area contributed by atoms with Gasteiger partial charge in [-0.05, 0) is 59.5 Å². The molecule has 3 aromatic carbocycles. The molecule has 0 amide bonds. The Labute approximate surface area is 203 Å². The third kappa shape index (κ3) is 4.30. The monoisotopic (exact) mass is 502 g/mol. The molecule has 2 atom stereocenters. The van der Waals surface area contributed by atoms with E-state index in [0.29, 0.717) is 12.5 Å². The largest absolute Gasteiger partial charge is 0.490 e. The number of hydrogen-bond donors (Lipinski definition) is 0. The molecule has 2 aliphatic heterocycles. The minimum atomic E-state index is -0.266. The molecule has 0 aromatic heterocycles. The molecule has 0 fully saturated rings. The fourth-order valence-electron chi connectivity index (χ4n) is 4.40. The van der Waals surface area contributed by atoms with E-state index in [2.05, 4.69) is 89.9 Å². The number of benzene rings is 3. The molecule has 2 aliphatic rings. The highest BCUT2D eigenvalue weighted by atomic mass is 79.9. The van der Waals surface area contributed by atoms with Gasteiger partial charge in [0.25, 0.3) is 0 Å². The first-order valence-corrected chi connectivity index (χ1v) is 12.1. The smallest absolute Gasteiger partial charge is 0.213 e. The summed E-state index contributed by atoms with van der Waals surface area (Å²) in [4.78, 5) is 0. The third-order valence-electron chi connectivity index (χ3n) is 6.20. The third-order valence-corrected chi connectivity index (χ3v) is 6.69. The first-order valence-electron chi connectivity index (χ1n) is 11.3. The normalized spacial score (nSPS) is 18.9. The van der Waals surface area contributed by atoms with Gasteiger partial charge in [0.2, 0.25) is 6.23 Å². The summed E-state index contributed by atoms with van der Waals surface area (Å²) in [6.07, 6.45) is 2.30. The highest BCUT2D eigenvalue weighted by Crippen LogP contribution is 2.48. The van der Waals surface area contributed by atoms with Crippen molar-refractivity contribution in [3.8, 4) is 11.5 Å². The molecule has 0 unspecified atom stereocenters. The van der Waals surface area contributed by atoms with Crippen LogP contribution in [0.3, 0.4) is 0 Å². The van der Waals surface area contributed by atoms with E-state index in [-0.39, 0.29) is 12.3 Å². The topological polar surface area (TPSA) is 34.1 Å². The maximum absolute atomic E-state index is 6.50. The molecule has 0 spiro atoms. The summed E-state index contributed by atoms with van der Waals surface area (Å²) >= 11 is 3.63. The van der Waals surface area contributed by atoms with Gasteiger partial charge >= 0.3 is 0 Å². The molecule has 0 aliphatic carbocycles. The van der Waals surface area contributed by atoms with Crippen molar-refractivity contribution in [1.29, 1.82) is 0 Å². The van der Waals surface area contributed by atoms with Crippen LogP contribution < -0.4 is 9.47 Å². The zero-order valence-corrected chi connectivity index (χ0v) is 20.5. The number of ether oxygens (including phenoxy) is 2. The van der Waals surface area contributed by atoms with E-state index in [1.165, 1.54) is 5.56 Å². The highest BCUT2D eigenvalue weighted by molar-refractivity contribution is 9.10. The van der Waals surface area contributed by atoms with Gasteiger partial charge in [0, 0.05) is 22.0 Å². The zero-order valence-electron chi connectivity index (χ0n) is 18.9. The second kappa shape index (κ2) is 9.06. The van der Waals surface area contributed by atoms with Crippen LogP contribution in [0.15, 0.2) is 89.0 Å². The Morgan fingerprint density at radius 3 is 2.58 bits per heavy atom. The molecular formula is C28H27BrN2O2. The lowest BCUT2D eigenvalue weighted by atomic mass is 9.95. The molecule has 168 valence electrons. The number of nitrogens with zero attached hydrogens (tertiary/aromatic N) is 2. The summed E-state index contributed by atoms with van der Waals surface area (Å²) in [6, 6.07) is 23.2. The van der Waals surface area contributed by atoms with Gasteiger partial charge < -0.3 is 9.47 Å². The summed E-state index contributed by atoms with van der Waals surface area (Å²) in [5, 5.41) is 7.19. The Morgan fingerprint density at radius 1 is 1.12 bits per heavy atom. The van der Waals surface area contributed by atoms with Gasteiger partial charge in [-0.1, -0.05) is 66.7 Å². The molecule has 33 heavy (non-hydrogen) atoms. The molecule has 0 N–H and O–H groups in total. The van der Waals surface area contributed by atoms with Gasteiger partial charge in [0.05, 0.1) is 11.8 Å². The van der Waals surface area contributed by atoms with Crippen molar-refractivity contribution in [1.82, 2.24) is 5.01 Å². The Balaban J connectivity index is 1.50. The van der Waals surface area contributed by atoms with E-state index in [1.807, 2.05) is 18.2 Å². The van der Waals surface area contributed by atoms with Gasteiger partial charge in [0.1, 0.15) is 18.1 Å². The van der Waals surface area contributed by atoms with Crippen LogP contribution in [-0.2, 0) is 0 Å². The van der Waals surface area contributed by atoms with Crippen molar-refractivity contribution < 1.29 is 9.47 Å². The van der Waals surface area contributed by atoms with Crippen LogP contribution >= 0.6 is 15.9 Å². The SMILES string of the molecule is C=CCOc1ccc(C2=NN3[C@@H](C2)c2cc(Br)ccc2O[C@H]3c2ccc(C(C)C)cc2)cc1. The predicted molar refractivity (Wildman–Crippen MR) is 136 cm³/mol. The van der Waals surface area contributed by atoms with E-state index in [1.54, 1.807) is 6.08 Å². The van der Waals surface area contributed by atoms with Crippen LogP contribution in [0.1, 0.15) is 60.7 Å². The van der Waals surface area contributed by atoms with Crippen LogP contribution in [0, 0.1) is 0 Å². The van der Waals surface area contributed by atoms with E-state index in [0.717, 1.165) is 44.8 Å². The molecule has 2 heterocycles. The zero-order chi connectivity index (χ0) is 22.9. The van der Waals surface area contributed by atoms with Crippen molar-refractivity contribution in [2.24, 2.45) is 5.10 Å². The maximum Gasteiger partial charge on any atom is 0.213 e. The van der Waals surface area contributed by atoms with Gasteiger partial charge in [-0.25, -0.2) is 5.01 Å². The lowest BCUT2D eigenvalue weighted by Crippen LogP contribution is -2.33. The molecule has 5 rings (SSSR count). The number of fused-ring (bicyclic) bond motifs is 3. The van der Waals surface area contributed by atoms with Crippen molar-refractivity contribution >= 4 is 21.6 Å². The van der Waals surface area contributed by atoms with Gasteiger partial charge in [0.15, 0.2) is 0 Å². The minimum Gasteiger partial charge on any atom is -0.490 e.